The Kier molecular flexibility index (Phi) is 6.17. The Balaban J connectivity index is 1.82. The molecule has 1 aliphatic heterocycles. The zero-order valence-corrected chi connectivity index (χ0v) is 16.6. The van der Waals surface area contributed by atoms with Gasteiger partial charge in [0.25, 0.3) is 5.91 Å². The van der Waals surface area contributed by atoms with Crippen LogP contribution in [0.4, 0.5) is 5.69 Å². The third kappa shape index (κ3) is 4.26. The van der Waals surface area contributed by atoms with Crippen molar-refractivity contribution in [1.82, 2.24) is 5.32 Å². The van der Waals surface area contributed by atoms with Gasteiger partial charge in [-0.1, -0.05) is 59.8 Å². The van der Waals surface area contributed by atoms with Crippen LogP contribution in [0.2, 0.25) is 0 Å². The molecule has 1 fully saturated rings. The van der Waals surface area contributed by atoms with Crippen LogP contribution >= 0.6 is 11.8 Å². The molecule has 6 heteroatoms. The number of rotatable bonds is 5. The molecule has 5 nitrogen and oxygen atoms in total. The lowest BCUT2D eigenvalue weighted by atomic mass is 10.1. The standard InChI is InChI=1S/C22H21N3O2S/c1-15-8-10-18(11-9-15)25-21(27)16(2)28-22(25)19(14-23)20(26)24-13-12-17-6-4-3-5-7-17/h3-11,16H,12-13H2,1-2H3,(H,24,26)/b22-19+/t16-/m1/s1. The Hall–Kier alpha value is -3.04. The van der Waals surface area contributed by atoms with Crippen molar-refractivity contribution in [3.63, 3.8) is 0 Å². The fourth-order valence-electron chi connectivity index (χ4n) is 2.91. The van der Waals surface area contributed by atoms with Gasteiger partial charge in [-0.15, -0.1) is 0 Å². The van der Waals surface area contributed by atoms with Gasteiger partial charge in [0.15, 0.2) is 0 Å². The number of hydrogen-bond donors (Lipinski definition) is 1. The van der Waals surface area contributed by atoms with Crippen molar-refractivity contribution in [3.05, 3.63) is 76.3 Å². The monoisotopic (exact) mass is 391 g/mol. The van der Waals surface area contributed by atoms with Crippen LogP contribution in [-0.4, -0.2) is 23.6 Å². The minimum absolute atomic E-state index is 0.0312. The smallest absolute Gasteiger partial charge is 0.264 e. The topological polar surface area (TPSA) is 73.2 Å². The summed E-state index contributed by atoms with van der Waals surface area (Å²) in [5.41, 5.74) is 2.80. The predicted octanol–water partition coefficient (Wildman–Crippen LogP) is 3.56. The molecule has 1 aliphatic rings. The summed E-state index contributed by atoms with van der Waals surface area (Å²) in [6, 6.07) is 19.3. The first kappa shape index (κ1) is 19.7. The van der Waals surface area contributed by atoms with E-state index in [0.717, 1.165) is 11.1 Å². The highest BCUT2D eigenvalue weighted by Crippen LogP contribution is 2.40. The molecule has 0 radical (unpaired) electrons. The second-order valence-electron chi connectivity index (χ2n) is 6.55. The van der Waals surface area contributed by atoms with E-state index in [1.54, 1.807) is 6.92 Å². The molecular weight excluding hydrogens is 370 g/mol. The second kappa shape index (κ2) is 8.77. The SMILES string of the molecule is Cc1ccc(N2C(=O)[C@@H](C)S/C2=C(\C#N)C(=O)NCCc2ccccc2)cc1. The van der Waals surface area contributed by atoms with Gasteiger partial charge in [-0.05, 0) is 38.0 Å². The molecule has 0 unspecified atom stereocenters. The van der Waals surface area contributed by atoms with Gasteiger partial charge in [0.1, 0.15) is 16.7 Å². The van der Waals surface area contributed by atoms with Gasteiger partial charge in [0, 0.05) is 12.2 Å². The van der Waals surface area contributed by atoms with Crippen molar-refractivity contribution >= 4 is 29.3 Å². The van der Waals surface area contributed by atoms with Gasteiger partial charge in [-0.3, -0.25) is 14.5 Å². The number of carbonyl (C=O) groups is 2. The maximum Gasteiger partial charge on any atom is 0.264 e. The summed E-state index contributed by atoms with van der Waals surface area (Å²) in [6.07, 6.45) is 0.671. The molecule has 0 spiro atoms. The zero-order chi connectivity index (χ0) is 20.1. The third-order valence-electron chi connectivity index (χ3n) is 4.45. The van der Waals surface area contributed by atoms with E-state index in [2.05, 4.69) is 5.32 Å². The molecule has 3 rings (SSSR count). The van der Waals surface area contributed by atoms with Crippen LogP contribution in [0, 0.1) is 18.3 Å². The van der Waals surface area contributed by atoms with Crippen LogP contribution in [0.5, 0.6) is 0 Å². The fourth-order valence-corrected chi connectivity index (χ4v) is 4.01. The number of carbonyl (C=O) groups excluding carboxylic acids is 2. The van der Waals surface area contributed by atoms with Crippen molar-refractivity contribution in [2.75, 3.05) is 11.4 Å². The number of thioether (sulfide) groups is 1. The highest BCUT2D eigenvalue weighted by molar-refractivity contribution is 8.05. The highest BCUT2D eigenvalue weighted by Gasteiger charge is 2.38. The van der Waals surface area contributed by atoms with Gasteiger partial charge in [0.05, 0.1) is 5.25 Å². The van der Waals surface area contributed by atoms with E-state index in [1.165, 1.54) is 16.7 Å². The van der Waals surface area contributed by atoms with E-state index < -0.39 is 5.91 Å². The number of nitrogens with zero attached hydrogens (tertiary/aromatic N) is 2. The van der Waals surface area contributed by atoms with E-state index in [4.69, 9.17) is 0 Å². The van der Waals surface area contributed by atoms with Crippen LogP contribution in [0.1, 0.15) is 18.1 Å². The van der Waals surface area contributed by atoms with Crippen LogP contribution in [0.3, 0.4) is 0 Å². The van der Waals surface area contributed by atoms with Crippen LogP contribution in [0.25, 0.3) is 0 Å². The maximum atomic E-state index is 12.7. The van der Waals surface area contributed by atoms with Crippen LogP contribution in [-0.2, 0) is 16.0 Å². The minimum atomic E-state index is -0.458. The molecule has 0 aromatic heterocycles. The zero-order valence-electron chi connectivity index (χ0n) is 15.8. The molecule has 1 N–H and O–H groups in total. The Morgan fingerprint density at radius 1 is 1.18 bits per heavy atom. The number of benzene rings is 2. The van der Waals surface area contributed by atoms with Crippen LogP contribution in [0.15, 0.2) is 65.2 Å². The number of nitrogens with one attached hydrogen (secondary N) is 1. The maximum absolute atomic E-state index is 12.7. The molecule has 0 aliphatic carbocycles. The lowest BCUT2D eigenvalue weighted by molar-refractivity contribution is -0.117. The first-order valence-electron chi connectivity index (χ1n) is 9.05. The van der Waals surface area contributed by atoms with Gasteiger partial charge < -0.3 is 5.32 Å². The summed E-state index contributed by atoms with van der Waals surface area (Å²) in [4.78, 5) is 26.8. The van der Waals surface area contributed by atoms with Gasteiger partial charge in [0.2, 0.25) is 5.91 Å². The summed E-state index contributed by atoms with van der Waals surface area (Å²) >= 11 is 1.24. The number of anilines is 1. The quantitative estimate of drug-likeness (QED) is 0.625. The van der Waals surface area contributed by atoms with Gasteiger partial charge in [-0.25, -0.2) is 0 Å². The molecular formula is C22H21N3O2S. The van der Waals surface area contributed by atoms with E-state index >= 15 is 0 Å². The number of aryl methyl sites for hydroxylation is 1. The number of hydrogen-bond acceptors (Lipinski definition) is 4. The number of nitriles is 1. The van der Waals surface area contributed by atoms with E-state index in [0.29, 0.717) is 23.7 Å². The number of amides is 2. The lowest BCUT2D eigenvalue weighted by Crippen LogP contribution is -2.31. The van der Waals surface area contributed by atoms with E-state index in [9.17, 15) is 14.9 Å². The summed E-state index contributed by atoms with van der Waals surface area (Å²) < 4.78 is 0. The van der Waals surface area contributed by atoms with E-state index in [-0.39, 0.29) is 16.7 Å². The molecule has 28 heavy (non-hydrogen) atoms. The highest BCUT2D eigenvalue weighted by atomic mass is 32.2. The molecule has 1 saturated heterocycles. The average Bonchev–Trinajstić information content (AvgIpc) is 2.98. The summed E-state index contributed by atoms with van der Waals surface area (Å²) in [6.45, 7) is 4.16. The normalized spacial score (nSPS) is 18.0. The molecule has 0 saturated carbocycles. The third-order valence-corrected chi connectivity index (χ3v) is 5.61. The average molecular weight is 391 g/mol. The molecule has 2 aromatic carbocycles. The van der Waals surface area contributed by atoms with Crippen molar-refractivity contribution in [2.45, 2.75) is 25.5 Å². The molecule has 1 atom stereocenters. The van der Waals surface area contributed by atoms with Gasteiger partial charge >= 0.3 is 0 Å². The summed E-state index contributed by atoms with van der Waals surface area (Å²) in [5, 5.41) is 12.5. The predicted molar refractivity (Wildman–Crippen MR) is 112 cm³/mol. The first-order chi connectivity index (χ1) is 13.5. The molecule has 2 amide bonds. The van der Waals surface area contributed by atoms with Crippen molar-refractivity contribution < 1.29 is 9.59 Å². The van der Waals surface area contributed by atoms with Crippen molar-refractivity contribution in [1.29, 1.82) is 5.26 Å². The Labute approximate surface area is 169 Å². The minimum Gasteiger partial charge on any atom is -0.351 e. The van der Waals surface area contributed by atoms with Crippen LogP contribution < -0.4 is 10.2 Å². The van der Waals surface area contributed by atoms with Crippen molar-refractivity contribution in [2.24, 2.45) is 0 Å². The molecule has 142 valence electrons. The Bertz CT molecular complexity index is 946. The molecule has 2 aromatic rings. The van der Waals surface area contributed by atoms with E-state index in [1.807, 2.05) is 67.6 Å². The summed E-state index contributed by atoms with van der Waals surface area (Å²) in [5.74, 6) is -0.589. The fraction of sp³-hybridized carbons (Fsp3) is 0.227. The summed E-state index contributed by atoms with van der Waals surface area (Å²) in [7, 11) is 0. The Morgan fingerprint density at radius 2 is 1.86 bits per heavy atom. The second-order valence-corrected chi connectivity index (χ2v) is 7.88. The largest absolute Gasteiger partial charge is 0.351 e. The molecule has 0 bridgehead atoms. The Morgan fingerprint density at radius 3 is 2.50 bits per heavy atom. The first-order valence-corrected chi connectivity index (χ1v) is 9.93. The van der Waals surface area contributed by atoms with Gasteiger partial charge in [-0.2, -0.15) is 5.26 Å². The van der Waals surface area contributed by atoms with Crippen molar-refractivity contribution in [3.8, 4) is 6.07 Å². The molecule has 1 heterocycles. The lowest BCUT2D eigenvalue weighted by Gasteiger charge is -2.18.